The average Bonchev–Trinajstić information content (AvgIpc) is 3.08. The molecule has 24 heavy (non-hydrogen) atoms. The second kappa shape index (κ2) is 8.84. The van der Waals surface area contributed by atoms with Crippen LogP contribution >= 0.6 is 27.3 Å². The molecule has 0 aliphatic carbocycles. The van der Waals surface area contributed by atoms with Gasteiger partial charge < -0.3 is 5.32 Å². The summed E-state index contributed by atoms with van der Waals surface area (Å²) in [6.07, 6.45) is 0.238. The first-order valence-electron chi connectivity index (χ1n) is 7.29. The Morgan fingerprint density at radius 2 is 1.83 bits per heavy atom. The summed E-state index contributed by atoms with van der Waals surface area (Å²) in [6, 6.07) is 7.80. The van der Waals surface area contributed by atoms with Crippen LogP contribution in [0.3, 0.4) is 0 Å². The predicted octanol–water partition coefficient (Wildman–Crippen LogP) is 4.60. The van der Waals surface area contributed by atoms with Crippen LogP contribution in [0.5, 0.6) is 0 Å². The van der Waals surface area contributed by atoms with Crippen molar-refractivity contribution in [2.75, 3.05) is 5.32 Å². The molecule has 0 atom stereocenters. The molecule has 1 amide bonds. The van der Waals surface area contributed by atoms with Crippen LogP contribution in [0.25, 0.3) is 0 Å². The van der Waals surface area contributed by atoms with E-state index in [9.17, 15) is 18.8 Å². The highest BCUT2D eigenvalue weighted by Gasteiger charge is 2.13. The van der Waals surface area contributed by atoms with Crippen molar-refractivity contribution in [2.45, 2.75) is 25.7 Å². The number of hydrogen-bond donors (Lipinski definition) is 1. The second-order valence-corrected chi connectivity index (χ2v) is 6.97. The maximum Gasteiger partial charge on any atom is 0.224 e. The summed E-state index contributed by atoms with van der Waals surface area (Å²) in [5.74, 6) is -1.22. The third-order valence-corrected chi connectivity index (χ3v) is 4.67. The van der Waals surface area contributed by atoms with Crippen LogP contribution in [0.1, 0.15) is 35.4 Å². The number of nitrogens with one attached hydrogen (secondary N) is 1. The predicted molar refractivity (Wildman–Crippen MR) is 94.9 cm³/mol. The molecule has 0 aliphatic rings. The maximum atomic E-state index is 13.6. The lowest BCUT2D eigenvalue weighted by molar-refractivity contribution is -0.122. The van der Waals surface area contributed by atoms with Crippen LogP contribution < -0.4 is 5.32 Å². The van der Waals surface area contributed by atoms with E-state index in [1.54, 1.807) is 23.6 Å². The lowest BCUT2D eigenvalue weighted by atomic mass is 10.1. The highest BCUT2D eigenvalue weighted by Crippen LogP contribution is 2.19. The SMILES string of the molecule is O=C(CCC(=O)Nc1ccc(Br)cc1F)CCC(=O)c1cccs1. The number of carbonyl (C=O) groups excluding carboxylic acids is 3. The van der Waals surface area contributed by atoms with Crippen LogP contribution in [-0.4, -0.2) is 17.5 Å². The van der Waals surface area contributed by atoms with E-state index in [1.807, 2.05) is 0 Å². The van der Waals surface area contributed by atoms with Crippen LogP contribution in [0, 0.1) is 5.82 Å². The fraction of sp³-hybridized carbons (Fsp3) is 0.235. The van der Waals surface area contributed by atoms with Gasteiger partial charge in [-0.1, -0.05) is 22.0 Å². The van der Waals surface area contributed by atoms with Gasteiger partial charge >= 0.3 is 0 Å². The number of benzene rings is 1. The molecule has 1 N–H and O–H groups in total. The smallest absolute Gasteiger partial charge is 0.224 e. The molecule has 1 aromatic carbocycles. The summed E-state index contributed by atoms with van der Waals surface area (Å²) in [6.45, 7) is 0. The largest absolute Gasteiger partial charge is 0.324 e. The zero-order valence-electron chi connectivity index (χ0n) is 12.7. The first-order valence-corrected chi connectivity index (χ1v) is 8.96. The molecular formula is C17H15BrFNO3S. The Morgan fingerprint density at radius 1 is 1.08 bits per heavy atom. The second-order valence-electron chi connectivity index (χ2n) is 5.11. The fourth-order valence-corrected chi connectivity index (χ4v) is 3.02. The molecule has 0 radical (unpaired) electrons. The van der Waals surface area contributed by atoms with Crippen molar-refractivity contribution >= 4 is 50.4 Å². The maximum absolute atomic E-state index is 13.6. The Kier molecular flexibility index (Phi) is 6.81. The third-order valence-electron chi connectivity index (χ3n) is 3.26. The van der Waals surface area contributed by atoms with Gasteiger partial charge in [0.25, 0.3) is 0 Å². The lowest BCUT2D eigenvalue weighted by Crippen LogP contribution is -2.14. The van der Waals surface area contributed by atoms with Crippen LogP contribution in [0.4, 0.5) is 10.1 Å². The zero-order valence-corrected chi connectivity index (χ0v) is 15.1. The van der Waals surface area contributed by atoms with Gasteiger partial charge in [0.05, 0.1) is 10.6 Å². The van der Waals surface area contributed by atoms with Gasteiger partial charge in [-0.15, -0.1) is 11.3 Å². The summed E-state index contributed by atoms with van der Waals surface area (Å²) >= 11 is 4.47. The normalized spacial score (nSPS) is 10.4. The number of halogens is 2. The molecule has 7 heteroatoms. The van der Waals surface area contributed by atoms with Gasteiger partial charge in [0.1, 0.15) is 11.6 Å². The van der Waals surface area contributed by atoms with Gasteiger partial charge in [-0.2, -0.15) is 0 Å². The molecule has 126 valence electrons. The number of ketones is 2. The molecule has 0 fully saturated rings. The summed E-state index contributed by atoms with van der Waals surface area (Å²) < 4.78 is 14.2. The minimum atomic E-state index is -0.550. The molecule has 0 aliphatic heterocycles. The number of Topliss-reactive ketones (excluding diaryl/α,β-unsaturated/α-hetero) is 2. The summed E-state index contributed by atoms with van der Waals surface area (Å²) in [5.41, 5.74) is 0.0727. The number of amides is 1. The molecule has 1 aromatic heterocycles. The van der Waals surface area contributed by atoms with Gasteiger partial charge in [-0.05, 0) is 29.6 Å². The van der Waals surface area contributed by atoms with Gasteiger partial charge in [0.2, 0.25) is 5.91 Å². The van der Waals surface area contributed by atoms with E-state index in [1.165, 1.54) is 23.5 Å². The van der Waals surface area contributed by atoms with E-state index in [4.69, 9.17) is 0 Å². The van der Waals surface area contributed by atoms with E-state index < -0.39 is 11.7 Å². The van der Waals surface area contributed by atoms with Crippen molar-refractivity contribution in [3.05, 3.63) is 50.9 Å². The lowest BCUT2D eigenvalue weighted by Gasteiger charge is -2.06. The highest BCUT2D eigenvalue weighted by atomic mass is 79.9. The number of rotatable bonds is 8. The summed E-state index contributed by atoms with van der Waals surface area (Å²) in [5, 5.41) is 4.23. The summed E-state index contributed by atoms with van der Waals surface area (Å²) in [7, 11) is 0. The number of hydrogen-bond acceptors (Lipinski definition) is 4. The molecule has 2 aromatic rings. The molecule has 2 rings (SSSR count). The number of carbonyl (C=O) groups is 3. The van der Waals surface area contributed by atoms with Gasteiger partial charge in [0, 0.05) is 30.2 Å². The topological polar surface area (TPSA) is 63.2 Å². The van der Waals surface area contributed by atoms with E-state index in [-0.39, 0.29) is 42.9 Å². The minimum absolute atomic E-state index is 0.0295. The molecule has 0 saturated carbocycles. The van der Waals surface area contributed by atoms with Crippen LogP contribution in [0.2, 0.25) is 0 Å². The first kappa shape index (κ1) is 18.5. The van der Waals surface area contributed by atoms with Gasteiger partial charge in [-0.25, -0.2) is 4.39 Å². The van der Waals surface area contributed by atoms with Crippen molar-refractivity contribution in [1.29, 1.82) is 0 Å². The standard InChI is InChI=1S/C17H15BrFNO3S/c18-11-3-6-14(13(19)10-11)20-17(23)8-5-12(21)4-7-15(22)16-2-1-9-24-16/h1-3,6,9-10H,4-5,7-8H2,(H,20,23). The Balaban J connectivity index is 1.73. The van der Waals surface area contributed by atoms with E-state index in [0.29, 0.717) is 9.35 Å². The van der Waals surface area contributed by atoms with Crippen molar-refractivity contribution in [1.82, 2.24) is 0 Å². The highest BCUT2D eigenvalue weighted by molar-refractivity contribution is 9.10. The van der Waals surface area contributed by atoms with Gasteiger partial charge in [0.15, 0.2) is 5.78 Å². The molecule has 0 spiro atoms. The monoisotopic (exact) mass is 411 g/mol. The molecule has 0 unspecified atom stereocenters. The number of anilines is 1. The summed E-state index contributed by atoms with van der Waals surface area (Å²) in [4.78, 5) is 36.0. The van der Waals surface area contributed by atoms with Gasteiger partial charge in [-0.3, -0.25) is 14.4 Å². The Hall–Kier alpha value is -1.86. The molecule has 0 saturated heterocycles. The van der Waals surface area contributed by atoms with Crippen molar-refractivity contribution < 1.29 is 18.8 Å². The third kappa shape index (κ3) is 5.65. The Bertz CT molecular complexity index is 746. The Labute approximate surface area is 151 Å². The van der Waals surface area contributed by atoms with E-state index in [0.717, 1.165) is 0 Å². The molecule has 4 nitrogen and oxygen atoms in total. The first-order chi connectivity index (χ1) is 11.5. The zero-order chi connectivity index (χ0) is 17.5. The molecular weight excluding hydrogens is 397 g/mol. The Morgan fingerprint density at radius 3 is 2.50 bits per heavy atom. The van der Waals surface area contributed by atoms with E-state index in [2.05, 4.69) is 21.2 Å². The van der Waals surface area contributed by atoms with Crippen molar-refractivity contribution in [2.24, 2.45) is 0 Å². The molecule has 0 bridgehead atoms. The average molecular weight is 412 g/mol. The van der Waals surface area contributed by atoms with Crippen LogP contribution in [-0.2, 0) is 9.59 Å². The van der Waals surface area contributed by atoms with Crippen LogP contribution in [0.15, 0.2) is 40.2 Å². The molecule has 1 heterocycles. The number of thiophene rings is 1. The quantitative estimate of drug-likeness (QED) is 0.645. The minimum Gasteiger partial charge on any atom is -0.324 e. The van der Waals surface area contributed by atoms with Crippen molar-refractivity contribution in [3.8, 4) is 0 Å². The van der Waals surface area contributed by atoms with Crippen molar-refractivity contribution in [3.63, 3.8) is 0 Å². The van der Waals surface area contributed by atoms with E-state index >= 15 is 0 Å². The fourth-order valence-electron chi connectivity index (χ4n) is 1.99.